The fourth-order valence-corrected chi connectivity index (χ4v) is 1.95. The Morgan fingerprint density at radius 3 is 2.79 bits per heavy atom. The molecule has 1 saturated heterocycles. The van der Waals surface area contributed by atoms with Crippen LogP contribution in [0, 0.1) is 0 Å². The quantitative estimate of drug-likeness (QED) is 0.856. The lowest BCUT2D eigenvalue weighted by molar-refractivity contribution is -0.128. The van der Waals surface area contributed by atoms with Crippen LogP contribution in [0.25, 0.3) is 0 Å². The number of amides is 3. The molecule has 7 nitrogen and oxygen atoms in total. The highest BCUT2D eigenvalue weighted by Crippen LogP contribution is 2.06. The number of hydrogen-bond donors (Lipinski definition) is 1. The summed E-state index contributed by atoms with van der Waals surface area (Å²) in [5.74, 6) is 0.416. The van der Waals surface area contributed by atoms with E-state index >= 15 is 0 Å². The van der Waals surface area contributed by atoms with E-state index in [1.807, 2.05) is 0 Å². The summed E-state index contributed by atoms with van der Waals surface area (Å²) < 4.78 is 0.809. The summed E-state index contributed by atoms with van der Waals surface area (Å²) in [6, 6.07) is -0.321. The number of urea groups is 1. The van der Waals surface area contributed by atoms with E-state index in [1.165, 1.54) is 4.90 Å². The fraction of sp³-hybridized carbons (Fsp3) is 0.455. The fourth-order valence-electron chi connectivity index (χ4n) is 1.74. The van der Waals surface area contributed by atoms with Crippen LogP contribution in [0.2, 0.25) is 0 Å². The molecular formula is C11H14BrN5O2. The smallest absolute Gasteiger partial charge is 0.324 e. The molecule has 2 rings (SSSR count). The van der Waals surface area contributed by atoms with E-state index in [2.05, 4.69) is 31.2 Å². The molecule has 0 radical (unpaired) electrons. The zero-order valence-electron chi connectivity index (χ0n) is 10.5. The molecule has 8 heteroatoms. The molecule has 1 N–H and O–H groups in total. The van der Waals surface area contributed by atoms with Gasteiger partial charge in [-0.25, -0.2) is 14.8 Å². The number of hydrogen-bond acceptors (Lipinski definition) is 5. The standard InChI is InChI=1S/C11H14BrN5O2/c1-16(6-9-14-4-8(12)5-15-9)7-10(18)17-3-2-13-11(17)19/h4-5H,2-3,6-7H2,1H3,(H,13,19). The van der Waals surface area contributed by atoms with Crippen molar-refractivity contribution >= 4 is 27.9 Å². The van der Waals surface area contributed by atoms with Gasteiger partial charge in [-0.15, -0.1) is 0 Å². The van der Waals surface area contributed by atoms with Crippen molar-refractivity contribution in [3.63, 3.8) is 0 Å². The molecule has 19 heavy (non-hydrogen) atoms. The Morgan fingerprint density at radius 2 is 2.21 bits per heavy atom. The van der Waals surface area contributed by atoms with Gasteiger partial charge in [0.2, 0.25) is 5.91 Å². The summed E-state index contributed by atoms with van der Waals surface area (Å²) in [7, 11) is 1.79. The van der Waals surface area contributed by atoms with Gasteiger partial charge in [0.1, 0.15) is 5.82 Å². The van der Waals surface area contributed by atoms with Crippen LogP contribution in [0.4, 0.5) is 4.79 Å². The van der Waals surface area contributed by atoms with Crippen molar-refractivity contribution < 1.29 is 9.59 Å². The Morgan fingerprint density at radius 1 is 1.53 bits per heavy atom. The molecule has 0 aliphatic carbocycles. The third-order valence-electron chi connectivity index (χ3n) is 2.65. The highest BCUT2D eigenvalue weighted by atomic mass is 79.9. The number of halogens is 1. The first-order valence-electron chi connectivity index (χ1n) is 5.79. The van der Waals surface area contributed by atoms with E-state index in [1.54, 1.807) is 24.3 Å². The molecule has 0 saturated carbocycles. The molecule has 1 aromatic rings. The van der Waals surface area contributed by atoms with Crippen LogP contribution < -0.4 is 5.32 Å². The number of imide groups is 1. The van der Waals surface area contributed by atoms with Crippen LogP contribution in [0.5, 0.6) is 0 Å². The minimum absolute atomic E-state index is 0.160. The number of carbonyl (C=O) groups is 2. The number of nitrogens with zero attached hydrogens (tertiary/aromatic N) is 4. The molecule has 1 aromatic heterocycles. The van der Waals surface area contributed by atoms with Crippen LogP contribution in [-0.2, 0) is 11.3 Å². The molecular weight excluding hydrogens is 314 g/mol. The Hall–Kier alpha value is -1.54. The van der Waals surface area contributed by atoms with Gasteiger partial charge in [-0.3, -0.25) is 14.6 Å². The predicted octanol–water partition coefficient (Wildman–Crippen LogP) is 0.223. The van der Waals surface area contributed by atoms with E-state index < -0.39 is 0 Å². The minimum Gasteiger partial charge on any atom is -0.336 e. The van der Waals surface area contributed by atoms with E-state index in [0.717, 1.165) is 4.47 Å². The zero-order chi connectivity index (χ0) is 13.8. The van der Waals surface area contributed by atoms with Crippen molar-refractivity contribution in [3.05, 3.63) is 22.7 Å². The lowest BCUT2D eigenvalue weighted by atomic mass is 10.4. The maximum absolute atomic E-state index is 11.9. The molecule has 3 amide bonds. The SMILES string of the molecule is CN(CC(=O)N1CCNC1=O)Cc1ncc(Br)cn1. The van der Waals surface area contributed by atoms with Crippen molar-refractivity contribution in [2.75, 3.05) is 26.7 Å². The highest BCUT2D eigenvalue weighted by Gasteiger charge is 2.26. The summed E-state index contributed by atoms with van der Waals surface area (Å²) in [4.78, 5) is 34.5. The first-order chi connectivity index (χ1) is 9.06. The van der Waals surface area contributed by atoms with E-state index in [9.17, 15) is 9.59 Å². The van der Waals surface area contributed by atoms with Crippen molar-refractivity contribution in [2.45, 2.75) is 6.54 Å². The second kappa shape index (κ2) is 6.07. The Balaban J connectivity index is 1.87. The molecule has 0 spiro atoms. The molecule has 0 atom stereocenters. The second-order valence-electron chi connectivity index (χ2n) is 4.27. The number of aromatic nitrogens is 2. The molecule has 1 aliphatic heterocycles. The lowest BCUT2D eigenvalue weighted by Gasteiger charge is -2.18. The van der Waals surface area contributed by atoms with Crippen molar-refractivity contribution in [2.24, 2.45) is 0 Å². The third-order valence-corrected chi connectivity index (χ3v) is 3.06. The van der Waals surface area contributed by atoms with Gasteiger partial charge in [0.25, 0.3) is 0 Å². The average molecular weight is 328 g/mol. The summed E-state index contributed by atoms with van der Waals surface area (Å²) in [5, 5.41) is 2.60. The Kier molecular flexibility index (Phi) is 4.43. The maximum Gasteiger partial charge on any atom is 0.324 e. The summed E-state index contributed by atoms with van der Waals surface area (Å²) in [6.45, 7) is 1.56. The predicted molar refractivity (Wildman–Crippen MR) is 71.2 cm³/mol. The van der Waals surface area contributed by atoms with Gasteiger partial charge < -0.3 is 5.32 Å². The molecule has 0 bridgehead atoms. The second-order valence-corrected chi connectivity index (χ2v) is 5.18. The van der Waals surface area contributed by atoms with Crippen molar-refractivity contribution in [1.29, 1.82) is 0 Å². The largest absolute Gasteiger partial charge is 0.336 e. The van der Waals surface area contributed by atoms with E-state index in [-0.39, 0.29) is 18.5 Å². The van der Waals surface area contributed by atoms with Crippen molar-refractivity contribution in [1.82, 2.24) is 25.1 Å². The van der Waals surface area contributed by atoms with Crippen LogP contribution in [0.15, 0.2) is 16.9 Å². The van der Waals surface area contributed by atoms with Gasteiger partial charge >= 0.3 is 6.03 Å². The zero-order valence-corrected chi connectivity index (χ0v) is 12.1. The first-order valence-corrected chi connectivity index (χ1v) is 6.58. The van der Waals surface area contributed by atoms with Crippen LogP contribution in [0.1, 0.15) is 5.82 Å². The summed E-state index contributed by atoms with van der Waals surface area (Å²) in [5.41, 5.74) is 0. The van der Waals surface area contributed by atoms with Gasteiger partial charge in [-0.05, 0) is 23.0 Å². The molecule has 0 unspecified atom stereocenters. The monoisotopic (exact) mass is 327 g/mol. The van der Waals surface area contributed by atoms with Crippen molar-refractivity contribution in [3.8, 4) is 0 Å². The minimum atomic E-state index is -0.321. The Labute approximate surface area is 119 Å². The van der Waals surface area contributed by atoms with Gasteiger partial charge in [0.15, 0.2) is 0 Å². The third kappa shape index (κ3) is 3.71. The van der Waals surface area contributed by atoms with E-state index in [0.29, 0.717) is 25.5 Å². The van der Waals surface area contributed by atoms with Crippen LogP contribution >= 0.6 is 15.9 Å². The maximum atomic E-state index is 11.9. The average Bonchev–Trinajstić information content (AvgIpc) is 2.78. The van der Waals surface area contributed by atoms with Crippen LogP contribution in [0.3, 0.4) is 0 Å². The highest BCUT2D eigenvalue weighted by molar-refractivity contribution is 9.10. The van der Waals surface area contributed by atoms with Crippen LogP contribution in [-0.4, -0.2) is 58.4 Å². The number of rotatable bonds is 4. The molecule has 1 fully saturated rings. The topological polar surface area (TPSA) is 78.4 Å². The number of nitrogens with one attached hydrogen (secondary N) is 1. The van der Waals surface area contributed by atoms with Gasteiger partial charge in [-0.2, -0.15) is 0 Å². The molecule has 1 aliphatic rings. The number of likely N-dealkylation sites (N-methyl/N-ethyl adjacent to an activating group) is 1. The van der Waals surface area contributed by atoms with Gasteiger partial charge in [-0.1, -0.05) is 0 Å². The van der Waals surface area contributed by atoms with Gasteiger partial charge in [0, 0.05) is 25.5 Å². The number of carbonyl (C=O) groups excluding carboxylic acids is 2. The van der Waals surface area contributed by atoms with Gasteiger partial charge in [0.05, 0.1) is 17.6 Å². The molecule has 0 aromatic carbocycles. The lowest BCUT2D eigenvalue weighted by Crippen LogP contribution is -2.40. The normalized spacial score (nSPS) is 14.9. The Bertz CT molecular complexity index is 478. The van der Waals surface area contributed by atoms with E-state index in [4.69, 9.17) is 0 Å². The summed E-state index contributed by atoms with van der Waals surface area (Å²) >= 11 is 3.26. The molecule has 2 heterocycles. The summed E-state index contributed by atoms with van der Waals surface area (Å²) in [6.07, 6.45) is 3.32. The first kappa shape index (κ1) is 13.9. The molecule has 102 valence electrons.